The summed E-state index contributed by atoms with van der Waals surface area (Å²) in [7, 11) is 1.83. The predicted molar refractivity (Wildman–Crippen MR) is 106 cm³/mol. The molecule has 7 nitrogen and oxygen atoms in total. The lowest BCUT2D eigenvalue weighted by Gasteiger charge is -2.31. The van der Waals surface area contributed by atoms with Gasteiger partial charge in [-0.2, -0.15) is 5.10 Å². The van der Waals surface area contributed by atoms with Crippen LogP contribution < -0.4 is 15.5 Å². The molecule has 1 aromatic heterocycles. The summed E-state index contributed by atoms with van der Waals surface area (Å²) < 4.78 is 1.66. The maximum atomic E-state index is 12.7. The van der Waals surface area contributed by atoms with Crippen molar-refractivity contribution in [2.24, 2.45) is 7.05 Å². The molecule has 0 saturated carbocycles. The summed E-state index contributed by atoms with van der Waals surface area (Å²) in [6.45, 7) is 3.76. The lowest BCUT2D eigenvalue weighted by molar-refractivity contribution is 0.102. The minimum Gasteiger partial charge on any atom is -0.367 e. The molecule has 7 heteroatoms. The maximum absolute atomic E-state index is 12.7. The third kappa shape index (κ3) is 3.83. The molecule has 2 aromatic carbocycles. The molecular formula is C20H22N6O. The SMILES string of the molecule is Cn1cnc(-c2ccc(C(=O)Nc3ccccc3N3CCNCC3)cc2)n1. The van der Waals surface area contributed by atoms with Gasteiger partial charge in [0.05, 0.1) is 11.4 Å². The third-order valence-electron chi connectivity index (χ3n) is 4.61. The van der Waals surface area contributed by atoms with Crippen molar-refractivity contribution >= 4 is 17.3 Å². The van der Waals surface area contributed by atoms with Gasteiger partial charge in [0.1, 0.15) is 6.33 Å². The van der Waals surface area contributed by atoms with E-state index in [1.165, 1.54) is 0 Å². The number of anilines is 2. The van der Waals surface area contributed by atoms with E-state index < -0.39 is 0 Å². The first-order valence-corrected chi connectivity index (χ1v) is 9.03. The average molecular weight is 362 g/mol. The Morgan fingerprint density at radius 3 is 2.52 bits per heavy atom. The highest BCUT2D eigenvalue weighted by atomic mass is 16.1. The summed E-state index contributed by atoms with van der Waals surface area (Å²) in [6, 6.07) is 15.3. The number of hydrogen-bond acceptors (Lipinski definition) is 5. The molecule has 2 heterocycles. The van der Waals surface area contributed by atoms with Crippen LogP contribution in [0, 0.1) is 0 Å². The van der Waals surface area contributed by atoms with Crippen LogP contribution in [0.5, 0.6) is 0 Å². The lowest BCUT2D eigenvalue weighted by Crippen LogP contribution is -2.43. The van der Waals surface area contributed by atoms with Crippen molar-refractivity contribution in [2.45, 2.75) is 0 Å². The molecule has 0 aliphatic carbocycles. The number of para-hydroxylation sites is 2. The van der Waals surface area contributed by atoms with E-state index in [-0.39, 0.29) is 5.91 Å². The van der Waals surface area contributed by atoms with Gasteiger partial charge in [-0.3, -0.25) is 9.48 Å². The number of nitrogens with zero attached hydrogens (tertiary/aromatic N) is 4. The molecule has 0 radical (unpaired) electrons. The zero-order valence-electron chi connectivity index (χ0n) is 15.2. The molecular weight excluding hydrogens is 340 g/mol. The van der Waals surface area contributed by atoms with E-state index in [0.717, 1.165) is 43.1 Å². The highest BCUT2D eigenvalue weighted by molar-refractivity contribution is 6.06. The largest absolute Gasteiger partial charge is 0.367 e. The number of hydrogen-bond donors (Lipinski definition) is 2. The van der Waals surface area contributed by atoms with Crippen LogP contribution >= 0.6 is 0 Å². The first-order valence-electron chi connectivity index (χ1n) is 9.03. The zero-order valence-corrected chi connectivity index (χ0v) is 15.2. The first kappa shape index (κ1) is 17.2. The highest BCUT2D eigenvalue weighted by Gasteiger charge is 2.16. The predicted octanol–water partition coefficient (Wildman–Crippen LogP) is 2.14. The summed E-state index contributed by atoms with van der Waals surface area (Å²) in [5, 5.41) is 10.7. The fourth-order valence-corrected chi connectivity index (χ4v) is 3.20. The Morgan fingerprint density at radius 2 is 1.81 bits per heavy atom. The van der Waals surface area contributed by atoms with Gasteiger partial charge in [-0.25, -0.2) is 4.98 Å². The number of amides is 1. The Hall–Kier alpha value is -3.19. The fraction of sp³-hybridized carbons (Fsp3) is 0.250. The minimum absolute atomic E-state index is 0.127. The molecule has 1 saturated heterocycles. The van der Waals surface area contributed by atoms with Crippen molar-refractivity contribution in [1.29, 1.82) is 0 Å². The van der Waals surface area contributed by atoms with Crippen LogP contribution in [-0.2, 0) is 7.05 Å². The summed E-state index contributed by atoms with van der Waals surface area (Å²) in [6.07, 6.45) is 1.66. The van der Waals surface area contributed by atoms with Gasteiger partial charge in [0.2, 0.25) is 0 Å². The number of aryl methyl sites for hydroxylation is 1. The van der Waals surface area contributed by atoms with Crippen molar-refractivity contribution in [1.82, 2.24) is 20.1 Å². The molecule has 0 spiro atoms. The molecule has 2 N–H and O–H groups in total. The second-order valence-electron chi connectivity index (χ2n) is 6.53. The standard InChI is InChI=1S/C20H22N6O/c1-25-14-22-19(24-25)15-6-8-16(9-7-15)20(27)23-17-4-2-3-5-18(17)26-12-10-21-11-13-26/h2-9,14,21H,10-13H2,1H3,(H,23,27). The second-order valence-corrected chi connectivity index (χ2v) is 6.53. The summed E-state index contributed by atoms with van der Waals surface area (Å²) in [4.78, 5) is 19.2. The number of nitrogens with one attached hydrogen (secondary N) is 2. The molecule has 27 heavy (non-hydrogen) atoms. The van der Waals surface area contributed by atoms with Gasteiger partial charge in [0, 0.05) is 44.4 Å². The zero-order chi connectivity index (χ0) is 18.6. The number of aromatic nitrogens is 3. The van der Waals surface area contributed by atoms with Crippen LogP contribution in [0.25, 0.3) is 11.4 Å². The topological polar surface area (TPSA) is 75.1 Å². The monoisotopic (exact) mass is 362 g/mol. The average Bonchev–Trinajstić information content (AvgIpc) is 3.15. The molecule has 1 amide bonds. The minimum atomic E-state index is -0.127. The second kappa shape index (κ2) is 7.59. The normalized spacial score (nSPS) is 14.2. The third-order valence-corrected chi connectivity index (χ3v) is 4.61. The first-order chi connectivity index (χ1) is 13.2. The van der Waals surface area contributed by atoms with E-state index >= 15 is 0 Å². The van der Waals surface area contributed by atoms with E-state index in [0.29, 0.717) is 11.4 Å². The Bertz CT molecular complexity index is 928. The van der Waals surface area contributed by atoms with Crippen LogP contribution in [-0.4, -0.2) is 46.9 Å². The molecule has 1 aliphatic heterocycles. The Balaban J connectivity index is 1.51. The number of benzene rings is 2. The maximum Gasteiger partial charge on any atom is 0.255 e. The molecule has 0 unspecified atom stereocenters. The van der Waals surface area contributed by atoms with Crippen LogP contribution in [0.3, 0.4) is 0 Å². The van der Waals surface area contributed by atoms with Gasteiger partial charge in [0.15, 0.2) is 5.82 Å². The van der Waals surface area contributed by atoms with Crippen LogP contribution in [0.2, 0.25) is 0 Å². The number of rotatable bonds is 4. The van der Waals surface area contributed by atoms with Crippen molar-refractivity contribution in [3.05, 3.63) is 60.4 Å². The van der Waals surface area contributed by atoms with E-state index in [4.69, 9.17) is 0 Å². The molecule has 4 rings (SSSR count). The van der Waals surface area contributed by atoms with E-state index in [1.807, 2.05) is 37.4 Å². The van der Waals surface area contributed by atoms with Crippen LogP contribution in [0.4, 0.5) is 11.4 Å². The number of carbonyl (C=O) groups is 1. The van der Waals surface area contributed by atoms with Crippen LogP contribution in [0.15, 0.2) is 54.9 Å². The molecule has 0 atom stereocenters. The molecule has 3 aromatic rings. The van der Waals surface area contributed by atoms with Gasteiger partial charge < -0.3 is 15.5 Å². The fourth-order valence-electron chi connectivity index (χ4n) is 3.20. The molecule has 0 bridgehead atoms. The summed E-state index contributed by atoms with van der Waals surface area (Å²) in [5.41, 5.74) is 3.37. The van der Waals surface area contributed by atoms with E-state index in [2.05, 4.69) is 31.7 Å². The Kier molecular flexibility index (Phi) is 4.84. The van der Waals surface area contributed by atoms with Gasteiger partial charge in [-0.05, 0) is 24.3 Å². The number of piperazine rings is 1. The van der Waals surface area contributed by atoms with Crippen molar-refractivity contribution < 1.29 is 4.79 Å². The highest BCUT2D eigenvalue weighted by Crippen LogP contribution is 2.26. The van der Waals surface area contributed by atoms with Crippen LogP contribution in [0.1, 0.15) is 10.4 Å². The summed E-state index contributed by atoms with van der Waals surface area (Å²) >= 11 is 0. The summed E-state index contributed by atoms with van der Waals surface area (Å²) in [5.74, 6) is 0.520. The smallest absolute Gasteiger partial charge is 0.255 e. The van der Waals surface area contributed by atoms with Gasteiger partial charge in [-0.1, -0.05) is 24.3 Å². The Labute approximate surface area is 158 Å². The van der Waals surface area contributed by atoms with E-state index in [1.54, 1.807) is 23.1 Å². The Morgan fingerprint density at radius 1 is 1.07 bits per heavy atom. The molecule has 1 aliphatic rings. The van der Waals surface area contributed by atoms with Crippen molar-refractivity contribution in [3.8, 4) is 11.4 Å². The quantitative estimate of drug-likeness (QED) is 0.744. The molecule has 138 valence electrons. The van der Waals surface area contributed by atoms with Gasteiger partial charge in [-0.15, -0.1) is 0 Å². The van der Waals surface area contributed by atoms with Gasteiger partial charge in [0.25, 0.3) is 5.91 Å². The van der Waals surface area contributed by atoms with Crippen molar-refractivity contribution in [3.63, 3.8) is 0 Å². The van der Waals surface area contributed by atoms with Gasteiger partial charge >= 0.3 is 0 Å². The van der Waals surface area contributed by atoms with Crippen molar-refractivity contribution in [2.75, 3.05) is 36.4 Å². The lowest BCUT2D eigenvalue weighted by atomic mass is 10.1. The number of carbonyl (C=O) groups excluding carboxylic acids is 1. The molecule has 1 fully saturated rings. The van der Waals surface area contributed by atoms with E-state index in [9.17, 15) is 4.79 Å².